The van der Waals surface area contributed by atoms with Gasteiger partial charge in [-0.2, -0.15) is 0 Å². The van der Waals surface area contributed by atoms with Gasteiger partial charge in [-0.3, -0.25) is 4.40 Å². The van der Waals surface area contributed by atoms with Gasteiger partial charge >= 0.3 is 0 Å². The van der Waals surface area contributed by atoms with E-state index >= 15 is 0 Å². The maximum absolute atomic E-state index is 4.34. The first-order valence-corrected chi connectivity index (χ1v) is 7.46. The maximum Gasteiger partial charge on any atom is 0.160 e. The summed E-state index contributed by atoms with van der Waals surface area (Å²) >= 11 is 0. The second-order valence-electron chi connectivity index (χ2n) is 5.67. The van der Waals surface area contributed by atoms with Crippen molar-refractivity contribution in [3.05, 3.63) is 65.6 Å². The van der Waals surface area contributed by atoms with Gasteiger partial charge in [-0.1, -0.05) is 30.3 Å². The van der Waals surface area contributed by atoms with Crippen LogP contribution in [0.4, 0.5) is 0 Å². The molecule has 1 aromatic carbocycles. The molecule has 4 heteroatoms. The molecule has 0 amide bonds. The summed E-state index contributed by atoms with van der Waals surface area (Å²) < 4.78 is 2.05. The number of aryl methyl sites for hydroxylation is 1. The fraction of sp³-hybridized carbons (Fsp3) is 0.294. The SMILES string of the molecule is CC(NC1CCc2ccccc21)c1nnc2ccccn12. The molecular formula is C17H18N4. The molecule has 21 heavy (non-hydrogen) atoms. The third-order valence-electron chi connectivity index (χ3n) is 4.31. The van der Waals surface area contributed by atoms with Crippen molar-refractivity contribution in [2.24, 2.45) is 0 Å². The first-order valence-electron chi connectivity index (χ1n) is 7.46. The molecule has 2 unspecified atom stereocenters. The highest BCUT2D eigenvalue weighted by Gasteiger charge is 2.24. The third-order valence-corrected chi connectivity index (χ3v) is 4.31. The van der Waals surface area contributed by atoms with Crippen molar-refractivity contribution in [2.45, 2.75) is 31.8 Å². The number of benzene rings is 1. The number of pyridine rings is 1. The molecule has 0 fully saturated rings. The van der Waals surface area contributed by atoms with E-state index in [1.165, 1.54) is 11.1 Å². The van der Waals surface area contributed by atoms with Crippen LogP contribution in [0.25, 0.3) is 5.65 Å². The van der Waals surface area contributed by atoms with E-state index in [1.807, 2.05) is 24.4 Å². The van der Waals surface area contributed by atoms with Crippen LogP contribution in [-0.4, -0.2) is 14.6 Å². The number of hydrogen-bond acceptors (Lipinski definition) is 3. The average Bonchev–Trinajstić information content (AvgIpc) is 3.12. The molecule has 1 aliphatic rings. The van der Waals surface area contributed by atoms with E-state index in [0.29, 0.717) is 6.04 Å². The zero-order valence-corrected chi connectivity index (χ0v) is 12.0. The molecule has 2 heterocycles. The van der Waals surface area contributed by atoms with Crippen LogP contribution < -0.4 is 5.32 Å². The van der Waals surface area contributed by atoms with E-state index in [1.54, 1.807) is 0 Å². The minimum Gasteiger partial charge on any atom is -0.301 e. The second kappa shape index (κ2) is 4.97. The van der Waals surface area contributed by atoms with E-state index in [9.17, 15) is 0 Å². The Labute approximate surface area is 123 Å². The first-order chi connectivity index (χ1) is 10.3. The minimum atomic E-state index is 0.165. The number of rotatable bonds is 3. The van der Waals surface area contributed by atoms with Crippen LogP contribution in [0.5, 0.6) is 0 Å². The summed E-state index contributed by atoms with van der Waals surface area (Å²) in [7, 11) is 0. The van der Waals surface area contributed by atoms with Crippen LogP contribution in [0.1, 0.15) is 42.4 Å². The fourth-order valence-electron chi connectivity index (χ4n) is 3.26. The molecule has 2 aromatic heterocycles. The summed E-state index contributed by atoms with van der Waals surface area (Å²) in [5.74, 6) is 0.968. The number of fused-ring (bicyclic) bond motifs is 2. The van der Waals surface area contributed by atoms with Crippen molar-refractivity contribution >= 4 is 5.65 Å². The lowest BCUT2D eigenvalue weighted by Gasteiger charge is -2.19. The normalized spacial score (nSPS) is 18.8. The molecule has 1 aliphatic carbocycles. The molecule has 0 aliphatic heterocycles. The highest BCUT2D eigenvalue weighted by molar-refractivity contribution is 5.38. The van der Waals surface area contributed by atoms with Crippen molar-refractivity contribution in [1.29, 1.82) is 0 Å². The topological polar surface area (TPSA) is 42.2 Å². The van der Waals surface area contributed by atoms with Crippen molar-refractivity contribution in [3.63, 3.8) is 0 Å². The molecule has 4 nitrogen and oxygen atoms in total. The Morgan fingerprint density at radius 1 is 1.14 bits per heavy atom. The Balaban J connectivity index is 1.61. The van der Waals surface area contributed by atoms with Gasteiger partial charge in [0.05, 0.1) is 6.04 Å². The molecule has 0 spiro atoms. The number of aromatic nitrogens is 3. The van der Waals surface area contributed by atoms with Gasteiger partial charge in [0.25, 0.3) is 0 Å². The molecule has 0 saturated heterocycles. The Morgan fingerprint density at radius 2 is 2.00 bits per heavy atom. The smallest absolute Gasteiger partial charge is 0.160 e. The Morgan fingerprint density at radius 3 is 2.95 bits per heavy atom. The molecule has 106 valence electrons. The van der Waals surface area contributed by atoms with Crippen LogP contribution >= 0.6 is 0 Å². The van der Waals surface area contributed by atoms with Gasteiger partial charge in [-0.15, -0.1) is 10.2 Å². The monoisotopic (exact) mass is 278 g/mol. The lowest BCUT2D eigenvalue weighted by molar-refractivity contribution is 0.448. The van der Waals surface area contributed by atoms with Crippen LogP contribution in [0.2, 0.25) is 0 Å². The highest BCUT2D eigenvalue weighted by atomic mass is 15.3. The maximum atomic E-state index is 4.34. The third kappa shape index (κ3) is 2.12. The van der Waals surface area contributed by atoms with Gasteiger partial charge in [0, 0.05) is 12.2 Å². The molecular weight excluding hydrogens is 260 g/mol. The van der Waals surface area contributed by atoms with Gasteiger partial charge in [0.15, 0.2) is 11.5 Å². The summed E-state index contributed by atoms with van der Waals surface area (Å²) in [4.78, 5) is 0. The van der Waals surface area contributed by atoms with E-state index in [4.69, 9.17) is 0 Å². The Bertz CT molecular complexity index is 777. The standard InChI is InChI=1S/C17H18N4/c1-12(17-20-19-16-8-4-5-11-21(16)17)18-15-10-9-13-6-2-3-7-14(13)15/h2-8,11-12,15,18H,9-10H2,1H3. The van der Waals surface area contributed by atoms with Gasteiger partial charge in [-0.05, 0) is 43.0 Å². The summed E-state index contributed by atoms with van der Waals surface area (Å²) in [6.45, 7) is 2.16. The summed E-state index contributed by atoms with van der Waals surface area (Å²) in [5.41, 5.74) is 3.79. The number of hydrogen-bond donors (Lipinski definition) is 1. The highest BCUT2D eigenvalue weighted by Crippen LogP contribution is 2.32. The van der Waals surface area contributed by atoms with E-state index < -0.39 is 0 Å². The van der Waals surface area contributed by atoms with Crippen LogP contribution in [0, 0.1) is 0 Å². The Kier molecular flexibility index (Phi) is 2.97. The van der Waals surface area contributed by atoms with Gasteiger partial charge in [0.2, 0.25) is 0 Å². The molecule has 0 bridgehead atoms. The summed E-state index contributed by atoms with van der Waals surface area (Å²) in [6.07, 6.45) is 4.33. The van der Waals surface area contributed by atoms with Crippen molar-refractivity contribution < 1.29 is 0 Å². The van der Waals surface area contributed by atoms with Crippen molar-refractivity contribution in [1.82, 2.24) is 19.9 Å². The minimum absolute atomic E-state index is 0.165. The van der Waals surface area contributed by atoms with Crippen LogP contribution in [0.3, 0.4) is 0 Å². The summed E-state index contributed by atoms with van der Waals surface area (Å²) in [5, 5.41) is 12.3. The van der Waals surface area contributed by atoms with E-state index in [0.717, 1.165) is 24.3 Å². The van der Waals surface area contributed by atoms with Gasteiger partial charge in [0.1, 0.15) is 0 Å². The lowest BCUT2D eigenvalue weighted by Crippen LogP contribution is -2.24. The van der Waals surface area contributed by atoms with Crippen LogP contribution in [0.15, 0.2) is 48.7 Å². The molecule has 1 N–H and O–H groups in total. The molecule has 4 rings (SSSR count). The average molecular weight is 278 g/mol. The molecule has 0 radical (unpaired) electrons. The molecule has 2 atom stereocenters. The quantitative estimate of drug-likeness (QED) is 0.800. The van der Waals surface area contributed by atoms with Gasteiger partial charge < -0.3 is 5.32 Å². The number of nitrogens with zero attached hydrogens (tertiary/aromatic N) is 3. The fourth-order valence-corrected chi connectivity index (χ4v) is 3.26. The van der Waals surface area contributed by atoms with Gasteiger partial charge in [-0.25, -0.2) is 0 Å². The molecule has 0 saturated carbocycles. The first kappa shape index (κ1) is 12.5. The molecule has 3 aromatic rings. The zero-order valence-electron chi connectivity index (χ0n) is 12.0. The van der Waals surface area contributed by atoms with Crippen molar-refractivity contribution in [2.75, 3.05) is 0 Å². The predicted molar refractivity (Wildman–Crippen MR) is 82.0 cm³/mol. The number of nitrogens with one attached hydrogen (secondary N) is 1. The predicted octanol–water partition coefficient (Wildman–Crippen LogP) is 3.07. The lowest BCUT2D eigenvalue weighted by atomic mass is 10.1. The summed E-state index contributed by atoms with van der Waals surface area (Å²) in [6, 6.07) is 15.3. The van der Waals surface area contributed by atoms with E-state index in [-0.39, 0.29) is 6.04 Å². The zero-order chi connectivity index (χ0) is 14.2. The Hall–Kier alpha value is -2.20. The van der Waals surface area contributed by atoms with E-state index in [2.05, 4.69) is 51.1 Å². The van der Waals surface area contributed by atoms with Crippen LogP contribution in [-0.2, 0) is 6.42 Å². The largest absolute Gasteiger partial charge is 0.301 e. The van der Waals surface area contributed by atoms with Crippen molar-refractivity contribution in [3.8, 4) is 0 Å². The second-order valence-corrected chi connectivity index (χ2v) is 5.67.